The lowest BCUT2D eigenvalue weighted by atomic mass is 9.76. The van der Waals surface area contributed by atoms with Gasteiger partial charge >= 0.3 is 0 Å². The van der Waals surface area contributed by atoms with Crippen LogP contribution in [0.3, 0.4) is 0 Å². The minimum Gasteiger partial charge on any atom is -0.396 e. The number of aromatic nitrogens is 2. The Kier molecular flexibility index (Phi) is 5.16. The lowest BCUT2D eigenvalue weighted by molar-refractivity contribution is 0.0170. The molecule has 0 spiro atoms. The Bertz CT molecular complexity index is 472. The van der Waals surface area contributed by atoms with Gasteiger partial charge in [0.05, 0.1) is 18.6 Å². The first-order valence-electron chi connectivity index (χ1n) is 8.56. The summed E-state index contributed by atoms with van der Waals surface area (Å²) in [6.45, 7) is 4.98. The number of hydrogen-bond donors (Lipinski definition) is 1. The molecule has 0 bridgehead atoms. The highest BCUT2D eigenvalue weighted by Gasteiger charge is 2.39. The van der Waals surface area contributed by atoms with Crippen LogP contribution in [0.15, 0.2) is 12.5 Å². The van der Waals surface area contributed by atoms with Crippen molar-refractivity contribution in [2.24, 2.45) is 11.3 Å². The van der Waals surface area contributed by atoms with Gasteiger partial charge in [-0.3, -0.25) is 4.90 Å². The van der Waals surface area contributed by atoms with Crippen LogP contribution in [0.5, 0.6) is 0 Å². The van der Waals surface area contributed by atoms with Crippen LogP contribution in [-0.4, -0.2) is 53.0 Å². The SMILES string of the molecule is COCCn1cncc1CN1CCC[C@](CO)(CC2CC2)C1. The Morgan fingerprint density at radius 3 is 3.05 bits per heavy atom. The van der Waals surface area contributed by atoms with Crippen LogP contribution >= 0.6 is 0 Å². The zero-order chi connectivity index (χ0) is 15.4. The number of aliphatic hydroxyl groups excluding tert-OH is 1. The number of aliphatic hydroxyl groups is 1. The predicted molar refractivity (Wildman–Crippen MR) is 85.5 cm³/mol. The van der Waals surface area contributed by atoms with Gasteiger partial charge in [-0.15, -0.1) is 0 Å². The van der Waals surface area contributed by atoms with Crippen molar-refractivity contribution < 1.29 is 9.84 Å². The Balaban J connectivity index is 1.61. The monoisotopic (exact) mass is 307 g/mol. The lowest BCUT2D eigenvalue weighted by Crippen LogP contribution is -2.45. The van der Waals surface area contributed by atoms with E-state index < -0.39 is 0 Å². The molecule has 5 heteroatoms. The zero-order valence-corrected chi connectivity index (χ0v) is 13.7. The number of hydrogen-bond acceptors (Lipinski definition) is 4. The van der Waals surface area contributed by atoms with E-state index in [0.717, 1.165) is 32.1 Å². The molecule has 0 radical (unpaired) electrons. The topological polar surface area (TPSA) is 50.5 Å². The van der Waals surface area contributed by atoms with E-state index in [2.05, 4.69) is 14.5 Å². The molecule has 5 nitrogen and oxygen atoms in total. The van der Waals surface area contributed by atoms with Gasteiger partial charge in [-0.1, -0.05) is 12.8 Å². The average molecular weight is 307 g/mol. The van der Waals surface area contributed by atoms with Crippen LogP contribution < -0.4 is 0 Å². The van der Waals surface area contributed by atoms with Gasteiger partial charge in [0, 0.05) is 45.0 Å². The number of imidazole rings is 1. The van der Waals surface area contributed by atoms with E-state index in [0.29, 0.717) is 13.2 Å². The van der Waals surface area contributed by atoms with Crippen molar-refractivity contribution in [1.82, 2.24) is 14.5 Å². The van der Waals surface area contributed by atoms with E-state index >= 15 is 0 Å². The molecule has 1 saturated carbocycles. The lowest BCUT2D eigenvalue weighted by Gasteiger charge is -2.42. The van der Waals surface area contributed by atoms with E-state index in [1.54, 1.807) is 7.11 Å². The van der Waals surface area contributed by atoms with E-state index in [-0.39, 0.29) is 5.41 Å². The molecule has 1 saturated heterocycles. The number of likely N-dealkylation sites (tertiary alicyclic amines) is 1. The second-order valence-electron chi connectivity index (χ2n) is 7.19. The van der Waals surface area contributed by atoms with E-state index in [9.17, 15) is 5.11 Å². The maximum atomic E-state index is 9.97. The summed E-state index contributed by atoms with van der Waals surface area (Å²) in [5, 5.41) is 9.97. The first-order valence-corrected chi connectivity index (χ1v) is 8.56. The first-order chi connectivity index (χ1) is 10.7. The molecular weight excluding hydrogens is 278 g/mol. The van der Waals surface area contributed by atoms with E-state index in [1.807, 2.05) is 12.5 Å². The third kappa shape index (κ3) is 3.89. The maximum Gasteiger partial charge on any atom is 0.0949 e. The molecule has 0 unspecified atom stereocenters. The van der Waals surface area contributed by atoms with Gasteiger partial charge in [-0.25, -0.2) is 4.98 Å². The van der Waals surface area contributed by atoms with Crippen LogP contribution in [0.2, 0.25) is 0 Å². The molecule has 0 aromatic carbocycles. The van der Waals surface area contributed by atoms with Crippen LogP contribution in [0.25, 0.3) is 0 Å². The van der Waals surface area contributed by atoms with Gasteiger partial charge in [-0.2, -0.15) is 0 Å². The van der Waals surface area contributed by atoms with Crippen LogP contribution in [-0.2, 0) is 17.8 Å². The van der Waals surface area contributed by atoms with Crippen LogP contribution in [0, 0.1) is 11.3 Å². The number of ether oxygens (including phenoxy) is 1. The molecule has 1 aliphatic heterocycles. The van der Waals surface area contributed by atoms with Gasteiger partial charge in [0.2, 0.25) is 0 Å². The minimum absolute atomic E-state index is 0.136. The number of rotatable bonds is 8. The third-order valence-electron chi connectivity index (χ3n) is 5.21. The molecule has 1 N–H and O–H groups in total. The molecule has 1 aromatic heterocycles. The predicted octanol–water partition coefficient (Wildman–Crippen LogP) is 1.90. The molecule has 0 amide bonds. The highest BCUT2D eigenvalue weighted by atomic mass is 16.5. The summed E-state index contributed by atoms with van der Waals surface area (Å²) in [7, 11) is 1.73. The summed E-state index contributed by atoms with van der Waals surface area (Å²) in [5.41, 5.74) is 1.38. The fourth-order valence-electron chi connectivity index (χ4n) is 3.84. The smallest absolute Gasteiger partial charge is 0.0949 e. The quantitative estimate of drug-likeness (QED) is 0.797. The average Bonchev–Trinajstić information content (AvgIpc) is 3.23. The Morgan fingerprint density at radius 2 is 2.32 bits per heavy atom. The molecule has 2 aliphatic rings. The van der Waals surface area contributed by atoms with Crippen molar-refractivity contribution in [1.29, 1.82) is 0 Å². The summed E-state index contributed by atoms with van der Waals surface area (Å²) in [4.78, 5) is 6.79. The van der Waals surface area contributed by atoms with Crippen molar-refractivity contribution >= 4 is 0 Å². The van der Waals surface area contributed by atoms with E-state index in [4.69, 9.17) is 4.74 Å². The molecule has 2 heterocycles. The molecule has 2 fully saturated rings. The fourth-order valence-corrected chi connectivity index (χ4v) is 3.84. The fraction of sp³-hybridized carbons (Fsp3) is 0.824. The number of nitrogens with zero attached hydrogens (tertiary/aromatic N) is 3. The second-order valence-corrected chi connectivity index (χ2v) is 7.19. The van der Waals surface area contributed by atoms with Gasteiger partial charge in [-0.05, 0) is 31.7 Å². The molecule has 22 heavy (non-hydrogen) atoms. The maximum absolute atomic E-state index is 9.97. The number of piperidine rings is 1. The summed E-state index contributed by atoms with van der Waals surface area (Å²) in [6.07, 6.45) is 10.2. The summed E-state index contributed by atoms with van der Waals surface area (Å²) >= 11 is 0. The van der Waals surface area contributed by atoms with Gasteiger partial charge in [0.1, 0.15) is 0 Å². The normalized spacial score (nSPS) is 26.5. The molecule has 1 aliphatic carbocycles. The highest BCUT2D eigenvalue weighted by Crippen LogP contribution is 2.44. The van der Waals surface area contributed by atoms with Gasteiger partial charge < -0.3 is 14.4 Å². The zero-order valence-electron chi connectivity index (χ0n) is 13.7. The molecule has 1 atom stereocenters. The standard InChI is InChI=1S/C17H29N3O2/c1-22-8-7-20-14-18-10-16(20)11-19-6-2-5-17(12-19,13-21)9-15-3-4-15/h10,14-15,21H,2-9,11-13H2,1H3/t17-/m0/s1. The van der Waals surface area contributed by atoms with Crippen molar-refractivity contribution in [2.45, 2.75) is 45.2 Å². The van der Waals surface area contributed by atoms with Crippen molar-refractivity contribution in [3.8, 4) is 0 Å². The van der Waals surface area contributed by atoms with Gasteiger partial charge in [0.15, 0.2) is 0 Å². The number of methoxy groups -OCH3 is 1. The van der Waals surface area contributed by atoms with Crippen molar-refractivity contribution in [3.63, 3.8) is 0 Å². The van der Waals surface area contributed by atoms with Crippen LogP contribution in [0.1, 0.15) is 37.8 Å². The molecule has 124 valence electrons. The minimum atomic E-state index is 0.136. The van der Waals surface area contributed by atoms with E-state index in [1.165, 1.54) is 37.8 Å². The van der Waals surface area contributed by atoms with Crippen LogP contribution in [0.4, 0.5) is 0 Å². The summed E-state index contributed by atoms with van der Waals surface area (Å²) in [6, 6.07) is 0. The molecule has 3 rings (SSSR count). The Morgan fingerprint density at radius 1 is 1.45 bits per heavy atom. The summed E-state index contributed by atoms with van der Waals surface area (Å²) in [5.74, 6) is 0.874. The second kappa shape index (κ2) is 7.11. The third-order valence-corrected chi connectivity index (χ3v) is 5.21. The highest BCUT2D eigenvalue weighted by molar-refractivity contribution is 5.00. The first kappa shape index (κ1) is 16.0. The Labute approximate surface area is 133 Å². The largest absolute Gasteiger partial charge is 0.396 e. The Hall–Kier alpha value is -0.910. The molecule has 1 aromatic rings. The van der Waals surface area contributed by atoms with Crippen molar-refractivity contribution in [2.75, 3.05) is 33.4 Å². The summed E-state index contributed by atoms with van der Waals surface area (Å²) < 4.78 is 7.35. The molecular formula is C17H29N3O2. The van der Waals surface area contributed by atoms with Crippen molar-refractivity contribution in [3.05, 3.63) is 18.2 Å². The van der Waals surface area contributed by atoms with Gasteiger partial charge in [0.25, 0.3) is 0 Å².